The molecule has 1 aromatic rings. The summed E-state index contributed by atoms with van der Waals surface area (Å²) < 4.78 is 6.30. The van der Waals surface area contributed by atoms with E-state index in [2.05, 4.69) is 26.9 Å². The van der Waals surface area contributed by atoms with Crippen molar-refractivity contribution in [2.75, 3.05) is 6.54 Å². The van der Waals surface area contributed by atoms with Gasteiger partial charge in [-0.05, 0) is 56.2 Å². The number of aliphatic carboxylic acids is 1. The number of carbonyl (C=O) groups is 1. The van der Waals surface area contributed by atoms with Gasteiger partial charge in [-0.1, -0.05) is 17.7 Å². The average molecular weight is 380 g/mol. The van der Waals surface area contributed by atoms with E-state index < -0.39 is 12.0 Å². The summed E-state index contributed by atoms with van der Waals surface area (Å²) in [6.07, 6.45) is 3.54. The Morgan fingerprint density at radius 3 is 2.92 bits per heavy atom. The first-order valence-electron chi connectivity index (χ1n) is 8.87. The third kappa shape index (κ3) is 3.44. The van der Waals surface area contributed by atoms with Crippen LogP contribution in [0, 0.1) is 11.8 Å². The summed E-state index contributed by atoms with van der Waals surface area (Å²) in [5.74, 6) is 1.38. The quantitative estimate of drug-likeness (QED) is 0.535. The number of nitrogens with one attached hydrogen (secondary N) is 4. The second kappa shape index (κ2) is 7.30. The first kappa shape index (κ1) is 17.4. The molecule has 5 N–H and O–H groups in total. The van der Waals surface area contributed by atoms with E-state index in [9.17, 15) is 9.90 Å². The first-order chi connectivity index (χ1) is 12.6. The smallest absolute Gasteiger partial charge is 0.320 e. The molecule has 8 nitrogen and oxygen atoms in total. The number of hydrogen-bond acceptors (Lipinski definition) is 7. The highest BCUT2D eigenvalue weighted by atomic mass is 35.5. The maximum absolute atomic E-state index is 11.3. The highest BCUT2D eigenvalue weighted by Crippen LogP contribution is 2.38. The molecular weight excluding hydrogens is 358 g/mol. The molecule has 1 aliphatic carbocycles. The zero-order valence-corrected chi connectivity index (χ0v) is 14.9. The maximum Gasteiger partial charge on any atom is 0.320 e. The number of carboxylic acids is 1. The maximum atomic E-state index is 11.3. The van der Waals surface area contributed by atoms with E-state index in [1.807, 2.05) is 12.1 Å². The molecule has 0 unspecified atom stereocenters. The fourth-order valence-electron chi connectivity index (χ4n) is 4.15. The number of nitrogens with zero attached hydrogens (tertiary/aromatic N) is 1. The molecule has 9 heteroatoms. The van der Waals surface area contributed by atoms with E-state index in [4.69, 9.17) is 16.3 Å². The normalized spacial score (nSPS) is 30.6. The lowest BCUT2D eigenvalue weighted by Gasteiger charge is -2.41. The highest BCUT2D eigenvalue weighted by Gasteiger charge is 2.38. The molecule has 0 radical (unpaired) electrons. The Morgan fingerprint density at radius 1 is 1.27 bits per heavy atom. The van der Waals surface area contributed by atoms with Gasteiger partial charge in [-0.15, -0.1) is 10.6 Å². The van der Waals surface area contributed by atoms with Crippen molar-refractivity contribution in [3.8, 4) is 5.75 Å². The van der Waals surface area contributed by atoms with E-state index in [0.29, 0.717) is 40.4 Å². The van der Waals surface area contributed by atoms with E-state index in [0.717, 1.165) is 25.8 Å². The SMILES string of the molecule is O=C(O)[C@@H]1C[C@H]2C[C@@H](Oc3cccc(Cl)c3C3=NNNN3)CC[C@H]2CN1. The monoisotopic (exact) mass is 379 g/mol. The summed E-state index contributed by atoms with van der Waals surface area (Å²) in [6, 6.07) is 5.09. The number of amidine groups is 1. The third-order valence-corrected chi connectivity index (χ3v) is 5.78. The van der Waals surface area contributed by atoms with Gasteiger partial charge in [-0.2, -0.15) is 0 Å². The summed E-state index contributed by atoms with van der Waals surface area (Å²) >= 11 is 6.36. The second-order valence-corrected chi connectivity index (χ2v) is 7.45. The van der Waals surface area contributed by atoms with Gasteiger partial charge in [0, 0.05) is 0 Å². The second-order valence-electron chi connectivity index (χ2n) is 7.04. The Morgan fingerprint density at radius 2 is 2.15 bits per heavy atom. The van der Waals surface area contributed by atoms with Crippen LogP contribution in [0.15, 0.2) is 23.3 Å². The molecule has 0 bridgehead atoms. The van der Waals surface area contributed by atoms with Crippen LogP contribution in [0.3, 0.4) is 0 Å². The Balaban J connectivity index is 1.48. The van der Waals surface area contributed by atoms with Crippen molar-refractivity contribution < 1.29 is 14.6 Å². The standard InChI is InChI=1S/C17H22ClN5O3/c18-12-2-1-3-14(15(12)16-20-22-23-21-16)26-11-5-4-9-8-19-13(17(24)25)7-10(9)6-11/h1-3,9-11,13,19,22-23H,4-8H2,(H,20,21)(H,24,25)/t9-,10+,11-,13-/m0/s1. The van der Waals surface area contributed by atoms with E-state index in [1.54, 1.807) is 6.07 Å². The fourth-order valence-corrected chi connectivity index (χ4v) is 4.40. The number of hydrazone groups is 1. The lowest BCUT2D eigenvalue weighted by atomic mass is 9.72. The van der Waals surface area contributed by atoms with Gasteiger partial charge in [-0.3, -0.25) is 10.2 Å². The van der Waals surface area contributed by atoms with Crippen LogP contribution in [0.2, 0.25) is 5.02 Å². The summed E-state index contributed by atoms with van der Waals surface area (Å²) in [5, 5.41) is 17.1. The van der Waals surface area contributed by atoms with Crippen LogP contribution in [-0.4, -0.2) is 35.6 Å². The molecule has 2 heterocycles. The molecule has 26 heavy (non-hydrogen) atoms. The van der Waals surface area contributed by atoms with Gasteiger partial charge in [-0.25, -0.2) is 5.53 Å². The van der Waals surface area contributed by atoms with Crippen LogP contribution >= 0.6 is 11.6 Å². The minimum Gasteiger partial charge on any atom is -0.490 e. The van der Waals surface area contributed by atoms with Crippen LogP contribution in [-0.2, 0) is 4.79 Å². The van der Waals surface area contributed by atoms with Gasteiger partial charge in [0.1, 0.15) is 11.8 Å². The first-order valence-corrected chi connectivity index (χ1v) is 9.25. The lowest BCUT2D eigenvalue weighted by molar-refractivity contribution is -0.141. The largest absolute Gasteiger partial charge is 0.490 e. The zero-order chi connectivity index (χ0) is 18.1. The number of hydrogen-bond donors (Lipinski definition) is 5. The molecule has 0 aromatic heterocycles. The number of rotatable bonds is 4. The molecule has 0 amide bonds. The number of hydrazine groups is 2. The number of piperidine rings is 1. The molecule has 1 saturated heterocycles. The molecule has 2 fully saturated rings. The number of benzene rings is 1. The number of carboxylic acid groups (broad SMARTS) is 1. The minimum atomic E-state index is -0.770. The van der Waals surface area contributed by atoms with Gasteiger partial charge in [0.2, 0.25) is 0 Å². The molecular formula is C17H22ClN5O3. The number of ether oxygens (including phenoxy) is 1. The molecule has 4 rings (SSSR count). The van der Waals surface area contributed by atoms with Crippen LogP contribution in [0.4, 0.5) is 0 Å². The molecule has 0 spiro atoms. The Bertz CT molecular complexity index is 728. The van der Waals surface area contributed by atoms with Crippen LogP contribution in [0.1, 0.15) is 31.2 Å². The van der Waals surface area contributed by atoms with Crippen LogP contribution in [0.5, 0.6) is 5.75 Å². The zero-order valence-electron chi connectivity index (χ0n) is 14.2. The van der Waals surface area contributed by atoms with Crippen molar-refractivity contribution in [3.63, 3.8) is 0 Å². The average Bonchev–Trinajstić information content (AvgIpc) is 3.15. The van der Waals surface area contributed by atoms with Crippen molar-refractivity contribution in [2.24, 2.45) is 16.9 Å². The minimum absolute atomic E-state index is 0.0453. The van der Waals surface area contributed by atoms with E-state index >= 15 is 0 Å². The lowest BCUT2D eigenvalue weighted by Crippen LogP contribution is -2.50. The van der Waals surface area contributed by atoms with Crippen molar-refractivity contribution in [3.05, 3.63) is 28.8 Å². The van der Waals surface area contributed by atoms with Gasteiger partial charge < -0.3 is 15.2 Å². The summed E-state index contributed by atoms with van der Waals surface area (Å²) in [7, 11) is 0. The van der Waals surface area contributed by atoms with Crippen molar-refractivity contribution in [1.29, 1.82) is 0 Å². The van der Waals surface area contributed by atoms with Crippen molar-refractivity contribution in [1.82, 2.24) is 21.8 Å². The van der Waals surface area contributed by atoms with Gasteiger partial charge >= 0.3 is 5.97 Å². The summed E-state index contributed by atoms with van der Waals surface area (Å²) in [4.78, 5) is 11.3. The molecule has 1 saturated carbocycles. The highest BCUT2D eigenvalue weighted by molar-refractivity contribution is 6.34. The van der Waals surface area contributed by atoms with E-state index in [1.165, 1.54) is 0 Å². The van der Waals surface area contributed by atoms with Gasteiger partial charge in [0.25, 0.3) is 0 Å². The predicted molar refractivity (Wildman–Crippen MR) is 96.7 cm³/mol. The van der Waals surface area contributed by atoms with Crippen molar-refractivity contribution in [2.45, 2.75) is 37.8 Å². The third-order valence-electron chi connectivity index (χ3n) is 5.47. The molecule has 3 aliphatic rings. The van der Waals surface area contributed by atoms with E-state index in [-0.39, 0.29) is 6.10 Å². The molecule has 4 atom stereocenters. The Kier molecular flexibility index (Phi) is 4.88. The predicted octanol–water partition coefficient (Wildman–Crippen LogP) is 1.22. The fraction of sp³-hybridized carbons (Fsp3) is 0.529. The molecule has 1 aromatic carbocycles. The topological polar surface area (TPSA) is 107 Å². The Hall–Kier alpha value is -2.03. The number of fused-ring (bicyclic) bond motifs is 1. The summed E-state index contributed by atoms with van der Waals surface area (Å²) in [6.45, 7) is 0.773. The van der Waals surface area contributed by atoms with Crippen LogP contribution in [0.25, 0.3) is 0 Å². The molecule has 140 valence electrons. The Labute approximate surface area is 156 Å². The van der Waals surface area contributed by atoms with Crippen molar-refractivity contribution >= 4 is 23.4 Å². The molecule has 2 aliphatic heterocycles. The number of halogens is 1. The van der Waals surface area contributed by atoms with Crippen LogP contribution < -0.4 is 26.5 Å². The summed E-state index contributed by atoms with van der Waals surface area (Å²) in [5.41, 5.74) is 8.95. The van der Waals surface area contributed by atoms with Gasteiger partial charge in [0.05, 0.1) is 16.7 Å². The van der Waals surface area contributed by atoms with Gasteiger partial charge in [0.15, 0.2) is 5.84 Å².